The highest BCUT2D eigenvalue weighted by Gasteiger charge is 2.40. The fraction of sp³-hybridized carbons (Fsp3) is 0.529. The number of aryl methyl sites for hydroxylation is 1. The van der Waals surface area contributed by atoms with Crippen molar-refractivity contribution in [2.24, 2.45) is 11.8 Å². The Bertz CT molecular complexity index is 1670. The molecule has 0 aliphatic carbocycles. The van der Waals surface area contributed by atoms with Crippen molar-refractivity contribution >= 4 is 57.2 Å². The number of piperidine rings is 1. The molecule has 5 heterocycles. The van der Waals surface area contributed by atoms with Gasteiger partial charge in [-0.15, -0.1) is 0 Å². The van der Waals surface area contributed by atoms with Crippen molar-refractivity contribution in [3.63, 3.8) is 0 Å². The molecule has 4 aliphatic heterocycles. The smallest absolute Gasteiger partial charge is 0.229 e. The number of anilines is 5. The molecule has 1 aromatic heterocycles. The highest BCUT2D eigenvalue weighted by Crippen LogP contribution is 2.47. The monoisotopic (exact) mass is 726 g/mol. The van der Waals surface area contributed by atoms with Crippen LogP contribution in [-0.2, 0) is 15.7 Å². The summed E-state index contributed by atoms with van der Waals surface area (Å²) in [5.41, 5.74) is 3.92. The van der Waals surface area contributed by atoms with Crippen LogP contribution in [0.25, 0.3) is 0 Å². The molecule has 2 N–H and O–H groups in total. The van der Waals surface area contributed by atoms with Crippen LogP contribution in [0.15, 0.2) is 34.9 Å². The molecule has 0 radical (unpaired) electrons. The molecule has 2 atom stereocenters. The lowest BCUT2D eigenvalue weighted by atomic mass is 10.00. The van der Waals surface area contributed by atoms with Gasteiger partial charge >= 0.3 is 0 Å². The number of benzene rings is 2. The maximum Gasteiger partial charge on any atom is 0.229 e. The second kappa shape index (κ2) is 13.5. The molecule has 0 bridgehead atoms. The zero-order chi connectivity index (χ0) is 32.7. The van der Waals surface area contributed by atoms with Gasteiger partial charge in [-0.3, -0.25) is 4.90 Å². The Labute approximate surface area is 285 Å². The number of nitrogens with one attached hydrogen (secondary N) is 2. The highest BCUT2D eigenvalue weighted by molar-refractivity contribution is 9.10. The first-order valence-corrected chi connectivity index (χ1v) is 19.9. The van der Waals surface area contributed by atoms with Crippen molar-refractivity contribution in [3.05, 3.63) is 40.5 Å². The van der Waals surface area contributed by atoms with Crippen molar-refractivity contribution in [1.29, 1.82) is 0 Å². The van der Waals surface area contributed by atoms with Crippen molar-refractivity contribution in [3.8, 4) is 17.2 Å². The Morgan fingerprint density at radius 3 is 2.49 bits per heavy atom. The lowest BCUT2D eigenvalue weighted by Crippen LogP contribution is -2.44. The van der Waals surface area contributed by atoms with Crippen LogP contribution in [0.1, 0.15) is 25.3 Å². The van der Waals surface area contributed by atoms with Crippen LogP contribution in [0.4, 0.5) is 28.8 Å². The number of rotatable bonds is 9. The van der Waals surface area contributed by atoms with Gasteiger partial charge in [0.1, 0.15) is 31.9 Å². The minimum absolute atomic E-state index is 0.403. The maximum atomic E-state index is 13.4. The number of ether oxygens (including phenoxy) is 4. The third-order valence-electron chi connectivity index (χ3n) is 9.84. The normalized spacial score (nSPS) is 21.5. The zero-order valence-corrected chi connectivity index (χ0v) is 30.0. The number of likely N-dealkylation sites (tertiary alicyclic amines) is 1. The number of fused-ring (bicyclic) bond motifs is 2. The van der Waals surface area contributed by atoms with Crippen LogP contribution < -0.4 is 35.0 Å². The summed E-state index contributed by atoms with van der Waals surface area (Å²) < 4.78 is 37.4. The predicted octanol–water partition coefficient (Wildman–Crippen LogP) is 5.86. The van der Waals surface area contributed by atoms with E-state index in [1.807, 2.05) is 12.1 Å². The van der Waals surface area contributed by atoms with E-state index in [0.717, 1.165) is 56.0 Å². The second-order valence-electron chi connectivity index (χ2n) is 13.2. The van der Waals surface area contributed by atoms with Gasteiger partial charge in [-0.2, -0.15) is 4.98 Å². The van der Waals surface area contributed by atoms with Crippen LogP contribution in [0.2, 0.25) is 0 Å². The third kappa shape index (κ3) is 6.67. The van der Waals surface area contributed by atoms with Gasteiger partial charge in [0.05, 0.1) is 41.5 Å². The molecular formula is C34H44BrN6O5P. The Morgan fingerprint density at radius 1 is 1.04 bits per heavy atom. The molecule has 3 fully saturated rings. The van der Waals surface area contributed by atoms with Gasteiger partial charge in [0.15, 0.2) is 11.5 Å². The zero-order valence-electron chi connectivity index (χ0n) is 27.6. The van der Waals surface area contributed by atoms with E-state index in [0.29, 0.717) is 58.0 Å². The Hall–Kier alpha value is -3.05. The molecule has 7 rings (SSSR count). The van der Waals surface area contributed by atoms with E-state index in [9.17, 15) is 4.57 Å². The molecule has 0 amide bonds. The Balaban J connectivity index is 1.09. The summed E-state index contributed by atoms with van der Waals surface area (Å²) in [5.74, 6) is 4.23. The molecule has 0 spiro atoms. The van der Waals surface area contributed by atoms with Gasteiger partial charge in [-0.1, -0.05) is 6.92 Å². The molecule has 47 heavy (non-hydrogen) atoms. The predicted molar refractivity (Wildman–Crippen MR) is 190 cm³/mol. The number of aromatic nitrogens is 2. The van der Waals surface area contributed by atoms with Gasteiger partial charge in [-0.05, 0) is 72.3 Å². The Morgan fingerprint density at radius 2 is 1.79 bits per heavy atom. The fourth-order valence-corrected chi connectivity index (χ4v) is 9.12. The van der Waals surface area contributed by atoms with Crippen LogP contribution in [0.3, 0.4) is 0 Å². The molecular weight excluding hydrogens is 683 g/mol. The third-order valence-corrected chi connectivity index (χ3v) is 11.9. The molecule has 252 valence electrons. The average Bonchev–Trinajstić information content (AvgIpc) is 3.69. The molecule has 2 aromatic carbocycles. The summed E-state index contributed by atoms with van der Waals surface area (Å²) in [7, 11) is -1.06. The van der Waals surface area contributed by atoms with Crippen molar-refractivity contribution in [2.45, 2.75) is 32.2 Å². The molecule has 4 aliphatic rings. The lowest BCUT2D eigenvalue weighted by molar-refractivity contribution is 0.130. The topological polar surface area (TPSA) is 110 Å². The summed E-state index contributed by atoms with van der Waals surface area (Å²) in [6.07, 6.45) is 4.92. The summed E-state index contributed by atoms with van der Waals surface area (Å²) in [6, 6.07) is 8.65. The van der Waals surface area contributed by atoms with Crippen molar-refractivity contribution in [2.75, 3.05) is 88.6 Å². The van der Waals surface area contributed by atoms with Gasteiger partial charge in [0.2, 0.25) is 5.95 Å². The molecule has 13 heteroatoms. The van der Waals surface area contributed by atoms with Crippen LogP contribution in [0, 0.1) is 11.8 Å². The maximum absolute atomic E-state index is 13.4. The standard InChI is InChI=1S/C34H44BrN6O5P/c1-5-21-14-27(30(43-2)15-28(21)40-10-8-24(9-11-40)41-17-22-19-44-20-23(22)18-41)38-34-36-16-25(35)33(39-34)37-26-6-7-29-31(46-13-12-45-29)32(26)47(3,4)42/h6-7,14-16,22-24H,5,8-13,17-20H2,1-4H3,(H2,36,37,38,39). The first-order valence-electron chi connectivity index (χ1n) is 16.5. The SMILES string of the molecule is CCc1cc(Nc2ncc(Br)c(Nc3ccc4c(c3P(C)(C)=O)OCCO4)n2)c(OC)cc1N1CCC(N2CC3COCC3C2)CC1. The quantitative estimate of drug-likeness (QED) is 0.259. The molecule has 11 nitrogen and oxygen atoms in total. The minimum atomic E-state index is -2.75. The lowest BCUT2D eigenvalue weighted by Gasteiger charge is -2.39. The Kier molecular flexibility index (Phi) is 9.30. The minimum Gasteiger partial charge on any atom is -0.494 e. The van der Waals surface area contributed by atoms with Crippen LogP contribution in [-0.4, -0.2) is 94.0 Å². The van der Waals surface area contributed by atoms with E-state index in [1.165, 1.54) is 37.2 Å². The van der Waals surface area contributed by atoms with Gasteiger partial charge in [0.25, 0.3) is 0 Å². The average molecular weight is 728 g/mol. The molecule has 0 saturated carbocycles. The molecule has 3 aromatic rings. The van der Waals surface area contributed by atoms with E-state index in [1.54, 1.807) is 26.6 Å². The first-order chi connectivity index (χ1) is 22.7. The van der Waals surface area contributed by atoms with E-state index < -0.39 is 7.14 Å². The molecule has 3 saturated heterocycles. The van der Waals surface area contributed by atoms with Crippen LogP contribution >= 0.6 is 23.1 Å². The van der Waals surface area contributed by atoms with Crippen molar-refractivity contribution < 1.29 is 23.5 Å². The summed E-state index contributed by atoms with van der Waals surface area (Å²) >= 11 is 3.59. The highest BCUT2D eigenvalue weighted by atomic mass is 79.9. The number of hydrogen-bond donors (Lipinski definition) is 2. The van der Waals surface area contributed by atoms with E-state index in [-0.39, 0.29) is 0 Å². The number of halogens is 1. The van der Waals surface area contributed by atoms with Crippen molar-refractivity contribution in [1.82, 2.24) is 14.9 Å². The van der Waals surface area contributed by atoms with Gasteiger partial charge in [-0.25, -0.2) is 4.98 Å². The summed E-state index contributed by atoms with van der Waals surface area (Å²) in [4.78, 5) is 14.6. The van der Waals surface area contributed by atoms with Gasteiger partial charge in [0, 0.05) is 62.0 Å². The first kappa shape index (κ1) is 32.5. The second-order valence-corrected chi connectivity index (χ2v) is 17.2. The van der Waals surface area contributed by atoms with E-state index in [2.05, 4.69) is 60.4 Å². The number of methoxy groups -OCH3 is 1. The van der Waals surface area contributed by atoms with E-state index >= 15 is 0 Å². The largest absolute Gasteiger partial charge is 0.494 e. The van der Waals surface area contributed by atoms with Crippen LogP contribution in [0.5, 0.6) is 17.2 Å². The van der Waals surface area contributed by atoms with Gasteiger partial charge < -0.3 is 39.0 Å². The summed E-state index contributed by atoms with van der Waals surface area (Å²) in [5, 5.41) is 7.36. The molecule has 2 unspecified atom stereocenters. The fourth-order valence-electron chi connectivity index (χ4n) is 7.45. The number of nitrogens with zero attached hydrogens (tertiary/aromatic N) is 4. The number of hydrogen-bond acceptors (Lipinski definition) is 11. The van der Waals surface area contributed by atoms with E-state index in [4.69, 9.17) is 23.9 Å². The summed E-state index contributed by atoms with van der Waals surface area (Å²) in [6.45, 7) is 12.8.